The number of aliphatic imine (C=N–C) groups is 2. The van der Waals surface area contributed by atoms with Crippen molar-refractivity contribution in [2.75, 3.05) is 4.90 Å². The van der Waals surface area contributed by atoms with Crippen LogP contribution < -0.4 is 4.90 Å². The summed E-state index contributed by atoms with van der Waals surface area (Å²) in [6, 6.07) is 3.50. The van der Waals surface area contributed by atoms with Gasteiger partial charge in [-0.25, -0.2) is 34.9 Å². The molecule has 0 N–H and O–H groups in total. The van der Waals surface area contributed by atoms with Gasteiger partial charge in [-0.15, -0.1) is 0 Å². The van der Waals surface area contributed by atoms with Crippen molar-refractivity contribution < 1.29 is 0 Å². The fourth-order valence-corrected chi connectivity index (χ4v) is 2.12. The van der Waals surface area contributed by atoms with E-state index in [1.807, 2.05) is 0 Å². The van der Waals surface area contributed by atoms with Gasteiger partial charge < -0.3 is 0 Å². The van der Waals surface area contributed by atoms with Gasteiger partial charge in [-0.1, -0.05) is 0 Å². The Morgan fingerprint density at radius 1 is 0.917 bits per heavy atom. The third-order valence-corrected chi connectivity index (χ3v) is 3.18. The molecule has 0 amide bonds. The Bertz CT molecular complexity index is 865. The van der Waals surface area contributed by atoms with Crippen LogP contribution >= 0.6 is 0 Å². The fourth-order valence-electron chi connectivity index (χ4n) is 2.12. The first kappa shape index (κ1) is 14.0. The Morgan fingerprint density at radius 3 is 2.58 bits per heavy atom. The predicted molar refractivity (Wildman–Crippen MR) is 85.3 cm³/mol. The summed E-state index contributed by atoms with van der Waals surface area (Å²) in [7, 11) is 0. The number of hydrogen-bond donors (Lipinski definition) is 0. The normalized spacial score (nSPS) is 16.8. The molecule has 1 atom stereocenters. The highest BCUT2D eigenvalue weighted by Gasteiger charge is 2.27. The number of hydrogen-bond acceptors (Lipinski definition) is 9. The molecule has 1 unspecified atom stereocenters. The molecule has 1 aliphatic rings. The van der Waals surface area contributed by atoms with Crippen LogP contribution in [0.4, 0.5) is 5.95 Å². The smallest absolute Gasteiger partial charge is 0.233 e. The minimum Gasteiger partial charge on any atom is -0.262 e. The molecule has 0 fully saturated rings. The van der Waals surface area contributed by atoms with Crippen LogP contribution in [0.1, 0.15) is 17.6 Å². The van der Waals surface area contributed by atoms with Gasteiger partial charge >= 0.3 is 0 Å². The standard InChI is InChI=1S/C15H10N9/c1-3-19-15(20-4-1)24-10-22-13(12-8-16-6-7-18-12)23-14(24)11-2-5-17-9-21-11/h1-9,14H. The van der Waals surface area contributed by atoms with Crippen molar-refractivity contribution in [3.05, 3.63) is 67.0 Å². The summed E-state index contributed by atoms with van der Waals surface area (Å²) in [6.07, 6.45) is 13.5. The predicted octanol–water partition coefficient (Wildman–Crippen LogP) is 0.927. The number of nitrogens with zero attached hydrogens (tertiary/aromatic N) is 9. The zero-order chi connectivity index (χ0) is 16.2. The summed E-state index contributed by atoms with van der Waals surface area (Å²) < 4.78 is 0. The van der Waals surface area contributed by atoms with Crippen LogP contribution in [-0.2, 0) is 0 Å². The van der Waals surface area contributed by atoms with E-state index < -0.39 is 6.17 Å². The highest BCUT2D eigenvalue weighted by atomic mass is 15.4. The molecule has 0 aromatic carbocycles. The van der Waals surface area contributed by atoms with E-state index in [1.165, 1.54) is 6.33 Å². The van der Waals surface area contributed by atoms with Crippen molar-refractivity contribution >= 4 is 18.1 Å². The van der Waals surface area contributed by atoms with Gasteiger partial charge in [-0.3, -0.25) is 9.88 Å². The molecule has 0 spiro atoms. The van der Waals surface area contributed by atoms with Crippen LogP contribution in [0, 0.1) is 0 Å². The third kappa shape index (κ3) is 2.70. The van der Waals surface area contributed by atoms with Crippen molar-refractivity contribution in [2.45, 2.75) is 6.17 Å². The molecule has 0 bridgehead atoms. The summed E-state index contributed by atoms with van der Waals surface area (Å²) in [5.41, 5.74) is 1.22. The average molecular weight is 316 g/mol. The van der Waals surface area contributed by atoms with Gasteiger partial charge in [0.15, 0.2) is 18.3 Å². The van der Waals surface area contributed by atoms with E-state index >= 15 is 0 Å². The zero-order valence-corrected chi connectivity index (χ0v) is 12.3. The maximum absolute atomic E-state index is 4.62. The Labute approximate surface area is 137 Å². The molecule has 3 aromatic rings. The lowest BCUT2D eigenvalue weighted by Gasteiger charge is -2.26. The summed E-state index contributed by atoms with van der Waals surface area (Å²) in [4.78, 5) is 35.4. The molecule has 4 heterocycles. The molecule has 0 saturated carbocycles. The molecule has 115 valence electrons. The Hall–Kier alpha value is -3.62. The first-order valence-electron chi connectivity index (χ1n) is 7.04. The van der Waals surface area contributed by atoms with Gasteiger partial charge in [0.05, 0.1) is 11.9 Å². The lowest BCUT2D eigenvalue weighted by Crippen LogP contribution is -2.32. The van der Waals surface area contributed by atoms with E-state index in [0.717, 1.165) is 0 Å². The molecule has 0 saturated heterocycles. The quantitative estimate of drug-likeness (QED) is 0.707. The molecule has 1 aliphatic heterocycles. The van der Waals surface area contributed by atoms with Crippen LogP contribution in [0.3, 0.4) is 0 Å². The van der Waals surface area contributed by atoms with Gasteiger partial charge in [0.2, 0.25) is 5.95 Å². The SMILES string of the molecule is [C]1=NC(c2cnccn2)=NC(c2ccncn2)N1c1ncccn1. The summed E-state index contributed by atoms with van der Waals surface area (Å²) in [6.45, 7) is 0. The largest absolute Gasteiger partial charge is 0.262 e. The van der Waals surface area contributed by atoms with Gasteiger partial charge in [-0.05, 0) is 12.1 Å². The molecule has 0 aliphatic carbocycles. The van der Waals surface area contributed by atoms with Crippen LogP contribution in [0.5, 0.6) is 0 Å². The molecule has 3 aromatic heterocycles. The second-order valence-corrected chi connectivity index (χ2v) is 4.68. The van der Waals surface area contributed by atoms with E-state index in [9.17, 15) is 0 Å². The van der Waals surface area contributed by atoms with Gasteiger partial charge in [0.1, 0.15) is 12.0 Å². The number of anilines is 1. The van der Waals surface area contributed by atoms with Crippen molar-refractivity contribution in [1.29, 1.82) is 0 Å². The zero-order valence-electron chi connectivity index (χ0n) is 12.3. The molecule has 4 rings (SSSR count). The van der Waals surface area contributed by atoms with Gasteiger partial charge in [0, 0.05) is 31.0 Å². The summed E-state index contributed by atoms with van der Waals surface area (Å²) in [5.74, 6) is 0.839. The van der Waals surface area contributed by atoms with Crippen LogP contribution in [0.15, 0.2) is 65.6 Å². The summed E-state index contributed by atoms with van der Waals surface area (Å²) in [5, 5.41) is 0. The highest BCUT2D eigenvalue weighted by molar-refractivity contribution is 6.04. The Kier molecular flexibility index (Phi) is 3.64. The minimum atomic E-state index is -0.523. The van der Waals surface area contributed by atoms with E-state index in [2.05, 4.69) is 46.2 Å². The van der Waals surface area contributed by atoms with Crippen LogP contribution in [0.25, 0.3) is 0 Å². The number of amidine groups is 1. The van der Waals surface area contributed by atoms with E-state index in [0.29, 0.717) is 23.2 Å². The second kappa shape index (κ2) is 6.24. The minimum absolute atomic E-state index is 0.416. The highest BCUT2D eigenvalue weighted by Crippen LogP contribution is 2.26. The molecule has 1 radical (unpaired) electrons. The fraction of sp³-hybridized carbons (Fsp3) is 0.0667. The summed E-state index contributed by atoms with van der Waals surface area (Å²) >= 11 is 0. The van der Waals surface area contributed by atoms with Crippen LogP contribution in [0.2, 0.25) is 0 Å². The Morgan fingerprint density at radius 2 is 1.83 bits per heavy atom. The lowest BCUT2D eigenvalue weighted by atomic mass is 10.2. The van der Waals surface area contributed by atoms with Crippen molar-refractivity contribution in [3.8, 4) is 0 Å². The van der Waals surface area contributed by atoms with Crippen molar-refractivity contribution in [3.63, 3.8) is 0 Å². The average Bonchev–Trinajstić information content (AvgIpc) is 2.69. The van der Waals surface area contributed by atoms with E-state index in [4.69, 9.17) is 0 Å². The maximum atomic E-state index is 4.62. The molecular formula is C15H10N9. The molecular weight excluding hydrogens is 306 g/mol. The van der Waals surface area contributed by atoms with Crippen molar-refractivity contribution in [2.24, 2.45) is 9.98 Å². The van der Waals surface area contributed by atoms with Crippen molar-refractivity contribution in [1.82, 2.24) is 29.9 Å². The monoisotopic (exact) mass is 316 g/mol. The first-order chi connectivity index (χ1) is 11.9. The molecule has 9 heteroatoms. The molecule has 24 heavy (non-hydrogen) atoms. The third-order valence-electron chi connectivity index (χ3n) is 3.18. The van der Waals surface area contributed by atoms with E-state index in [1.54, 1.807) is 54.2 Å². The maximum Gasteiger partial charge on any atom is 0.233 e. The van der Waals surface area contributed by atoms with Gasteiger partial charge in [0.25, 0.3) is 0 Å². The molecule has 9 nitrogen and oxygen atoms in total. The number of aromatic nitrogens is 6. The lowest BCUT2D eigenvalue weighted by molar-refractivity contribution is 0.702. The first-order valence-corrected chi connectivity index (χ1v) is 7.04. The van der Waals surface area contributed by atoms with Gasteiger partial charge in [-0.2, -0.15) is 0 Å². The number of rotatable bonds is 3. The van der Waals surface area contributed by atoms with E-state index in [-0.39, 0.29) is 0 Å². The topological polar surface area (TPSA) is 105 Å². The Balaban J connectivity index is 1.78. The van der Waals surface area contributed by atoms with Crippen LogP contribution in [-0.4, -0.2) is 42.1 Å². The second-order valence-electron chi connectivity index (χ2n) is 4.68.